The number of ether oxygens (including phenoxy) is 1. The maximum Gasteiger partial charge on any atom is 0.255 e. The van der Waals surface area contributed by atoms with Gasteiger partial charge in [0.1, 0.15) is 63.8 Å². The van der Waals surface area contributed by atoms with Crippen LogP contribution in [0.15, 0.2) is 197 Å². The Balaban J connectivity index is 0.000000221. The molecule has 4 heterocycles. The molecule has 2 amide bonds. The van der Waals surface area contributed by atoms with Crippen LogP contribution < -0.4 is 24.0 Å². The predicted molar refractivity (Wildman–Crippen MR) is 356 cm³/mol. The fourth-order valence-corrected chi connectivity index (χ4v) is 11.4. The van der Waals surface area contributed by atoms with E-state index in [1.807, 2.05) is 91.0 Å². The molecule has 0 aliphatic carbocycles. The maximum absolute atomic E-state index is 13.8. The highest BCUT2D eigenvalue weighted by atomic mass is 32.2. The molecule has 22 heteroatoms. The molecule has 0 saturated carbocycles. The number of fused-ring (bicyclic) bond motifs is 2. The second-order valence-electron chi connectivity index (χ2n) is 21.7. The third kappa shape index (κ3) is 14.7. The fourth-order valence-electron chi connectivity index (χ4n) is 10.4. The second-order valence-corrected chi connectivity index (χ2v) is 25.7. The Bertz CT molecular complexity index is 4870. The van der Waals surface area contributed by atoms with Gasteiger partial charge in [0.2, 0.25) is 20.0 Å². The van der Waals surface area contributed by atoms with Gasteiger partial charge in [-0.2, -0.15) is 0 Å². The summed E-state index contributed by atoms with van der Waals surface area (Å²) in [5.74, 6) is -2.21. The lowest BCUT2D eigenvalue weighted by molar-refractivity contribution is 0.0956. The first kappa shape index (κ1) is 65.1. The summed E-state index contributed by atoms with van der Waals surface area (Å²) in [5, 5.41) is 16.5. The Labute approximate surface area is 536 Å². The van der Waals surface area contributed by atoms with Crippen molar-refractivity contribution in [3.63, 3.8) is 0 Å². The average molecular weight is 1300 g/mol. The number of aryl methyl sites for hydroxylation is 2. The first-order valence-electron chi connectivity index (χ1n) is 29.1. The molecule has 0 saturated heterocycles. The molecule has 11 rings (SSSR count). The molecule has 3 N–H and O–H groups in total. The van der Waals surface area contributed by atoms with E-state index in [9.17, 15) is 49.9 Å². The Morgan fingerprint density at radius 1 is 0.527 bits per heavy atom. The van der Waals surface area contributed by atoms with E-state index >= 15 is 0 Å². The van der Waals surface area contributed by atoms with Crippen LogP contribution in [0.5, 0.6) is 11.5 Å². The van der Waals surface area contributed by atoms with E-state index < -0.39 is 49.3 Å². The number of sulfonamides is 2. The van der Waals surface area contributed by atoms with Crippen molar-refractivity contribution in [2.45, 2.75) is 32.3 Å². The molecule has 0 aliphatic heterocycles. The number of carbonyl (C=O) groups excluding carboxylic acids is 4. The van der Waals surface area contributed by atoms with E-state index in [1.54, 1.807) is 24.3 Å². The van der Waals surface area contributed by atoms with Crippen LogP contribution in [0.3, 0.4) is 0 Å². The monoisotopic (exact) mass is 1290 g/mol. The van der Waals surface area contributed by atoms with E-state index in [0.717, 1.165) is 37.8 Å². The zero-order valence-electron chi connectivity index (χ0n) is 51.2. The Morgan fingerprint density at radius 2 is 0.914 bits per heavy atom. The molecule has 476 valence electrons. The molecule has 0 atom stereocenters. The van der Waals surface area contributed by atoms with Crippen molar-refractivity contribution < 1.29 is 64.9 Å². The number of aromatic nitrogens is 2. The number of ketones is 2. The lowest BCUT2D eigenvalue weighted by Gasteiger charge is -2.21. The van der Waals surface area contributed by atoms with Crippen molar-refractivity contribution >= 4 is 76.7 Å². The van der Waals surface area contributed by atoms with E-state index in [4.69, 9.17) is 18.6 Å². The first-order chi connectivity index (χ1) is 44.5. The molecule has 4 aromatic heterocycles. The number of furan rings is 2. The van der Waals surface area contributed by atoms with Crippen LogP contribution in [0, 0.1) is 11.6 Å². The van der Waals surface area contributed by atoms with Crippen LogP contribution in [0.1, 0.15) is 72.7 Å². The largest absolute Gasteiger partial charge is 0.506 e. The highest BCUT2D eigenvalue weighted by Gasteiger charge is 2.30. The highest BCUT2D eigenvalue weighted by molar-refractivity contribution is 7.92. The van der Waals surface area contributed by atoms with Crippen LogP contribution >= 0.6 is 0 Å². The molecule has 0 spiro atoms. The van der Waals surface area contributed by atoms with Crippen LogP contribution in [-0.4, -0.2) is 96.0 Å². The summed E-state index contributed by atoms with van der Waals surface area (Å²) >= 11 is 0. The van der Waals surface area contributed by atoms with Crippen molar-refractivity contribution in [1.29, 1.82) is 0 Å². The number of hydrogen-bond acceptors (Lipinski definition) is 14. The van der Waals surface area contributed by atoms with Crippen molar-refractivity contribution in [3.8, 4) is 56.7 Å². The zero-order valence-corrected chi connectivity index (χ0v) is 52.9. The van der Waals surface area contributed by atoms with Gasteiger partial charge in [-0.3, -0.25) is 27.8 Å². The Kier molecular flexibility index (Phi) is 19.4. The second kappa shape index (κ2) is 27.7. The predicted octanol–water partition coefficient (Wildman–Crippen LogP) is 13.3. The summed E-state index contributed by atoms with van der Waals surface area (Å²) < 4.78 is 99.1. The summed E-state index contributed by atoms with van der Waals surface area (Å²) in [7, 11) is -1.90. The number of benzene rings is 7. The number of Topliss-reactive ketones (excluding diaryl/α,β-unsaturated/α-hetero) is 2. The number of halogens is 2. The Morgan fingerprint density at radius 3 is 1.32 bits per heavy atom. The molecular formula is C71H64F2N6O12S2. The summed E-state index contributed by atoms with van der Waals surface area (Å²) in [6.45, 7) is 0.200. The van der Waals surface area contributed by atoms with Crippen LogP contribution in [-0.2, 0) is 39.5 Å². The first-order valence-corrected chi connectivity index (χ1v) is 32.8. The molecule has 7 aromatic carbocycles. The zero-order chi connectivity index (χ0) is 66.3. The number of nitrogens with one attached hydrogen (secondary N) is 2. The minimum absolute atomic E-state index is 0. The number of anilines is 2. The number of aromatic hydroxyl groups is 1. The van der Waals surface area contributed by atoms with Crippen molar-refractivity contribution in [3.05, 3.63) is 239 Å². The summed E-state index contributed by atoms with van der Waals surface area (Å²) in [4.78, 5) is 62.7. The average Bonchev–Trinajstić information content (AvgIpc) is 1.57. The molecule has 18 nitrogen and oxygen atoms in total. The molecular weight excluding hydrogens is 1230 g/mol. The van der Waals surface area contributed by atoms with Gasteiger partial charge in [0.25, 0.3) is 11.8 Å². The summed E-state index contributed by atoms with van der Waals surface area (Å²) in [6.07, 6.45) is 3.26. The van der Waals surface area contributed by atoms with E-state index in [2.05, 4.69) is 15.6 Å². The van der Waals surface area contributed by atoms with Crippen LogP contribution in [0.25, 0.3) is 67.1 Å². The number of nitrogens with zero attached hydrogens (tertiary/aromatic N) is 4. The van der Waals surface area contributed by atoms with Gasteiger partial charge in [0, 0.05) is 87.6 Å². The quantitative estimate of drug-likeness (QED) is 0.0566. The molecule has 93 heavy (non-hydrogen) atoms. The van der Waals surface area contributed by atoms with Crippen LogP contribution in [0.2, 0.25) is 0 Å². The smallest absolute Gasteiger partial charge is 0.255 e. The van der Waals surface area contributed by atoms with Gasteiger partial charge in [0.15, 0.2) is 11.6 Å². The molecule has 0 bridgehead atoms. The number of amides is 2. The van der Waals surface area contributed by atoms with Crippen LogP contribution in [0.4, 0.5) is 20.2 Å². The normalized spacial score (nSPS) is 11.4. The fraction of sp³-hybridized carbons (Fsp3) is 0.155. The van der Waals surface area contributed by atoms with Crippen molar-refractivity contribution in [2.75, 3.05) is 49.3 Å². The number of hydrogen-bond donors (Lipinski definition) is 3. The van der Waals surface area contributed by atoms with Gasteiger partial charge in [-0.1, -0.05) is 91.0 Å². The van der Waals surface area contributed by atoms with E-state index in [0.29, 0.717) is 40.3 Å². The lowest BCUT2D eigenvalue weighted by Crippen LogP contribution is -2.25. The molecule has 0 radical (unpaired) electrons. The van der Waals surface area contributed by atoms with Gasteiger partial charge in [-0.15, -0.1) is 0 Å². The topological polar surface area (TPSA) is 249 Å². The third-order valence-electron chi connectivity index (χ3n) is 15.4. The van der Waals surface area contributed by atoms with Gasteiger partial charge < -0.3 is 29.3 Å². The summed E-state index contributed by atoms with van der Waals surface area (Å²) in [6, 6.07) is 51.7. The number of carbonyl (C=O) groups is 4. The van der Waals surface area contributed by atoms with Gasteiger partial charge in [-0.25, -0.2) is 35.6 Å². The molecule has 11 aromatic rings. The lowest BCUT2D eigenvalue weighted by atomic mass is 10.00. The van der Waals surface area contributed by atoms with Gasteiger partial charge >= 0.3 is 0 Å². The highest BCUT2D eigenvalue weighted by Crippen LogP contribution is 2.44. The number of pyridine rings is 2. The Hall–Kier alpha value is -10.8. The third-order valence-corrected chi connectivity index (χ3v) is 17.8. The summed E-state index contributed by atoms with van der Waals surface area (Å²) in [5.41, 5.74) is 5.85. The number of rotatable bonds is 21. The van der Waals surface area contributed by atoms with Gasteiger partial charge in [-0.05, 0) is 114 Å². The standard InChI is InChI=1S/C39H34FN3O6S.C32H28FN3O6S.H2/c1-41-39(45)36-30-22-29(32(43(2)50(3,46)47)23-35(30)49-38(36)27-15-17-28(40)18-16-27)31-19-21-34(48-24-26-12-8-5-9-13-26)37(42-31)33(44)20-14-25-10-6-4-7-11-25;1-34-32(39)29-23-17-22(24-14-16-27(38)30(35-24)26(37)15-9-19-7-5-4-6-8-19)25(36(2)43(3,40)41)18-28(23)42-31(29)20-10-12-21(33)13-11-20;/h4-13,15-19,21-23H,14,20,24H2,1-3H3,(H,41,45);4-8,10-14,16-18,38H,9,15H2,1-3H3,(H,34,39);1H. The molecule has 0 unspecified atom stereocenters. The van der Waals surface area contributed by atoms with Crippen molar-refractivity contribution in [1.82, 2.24) is 20.6 Å². The van der Waals surface area contributed by atoms with E-state index in [-0.39, 0.29) is 112 Å². The minimum atomic E-state index is -3.80. The van der Waals surface area contributed by atoms with Gasteiger partial charge in [0.05, 0.1) is 46.4 Å². The minimum Gasteiger partial charge on any atom is -0.506 e. The SMILES string of the molecule is CNC(=O)c1c(-c2ccc(F)cc2)oc2cc(N(C)S(C)(=O)=O)c(-c3ccc(O)c(C(=O)CCc4ccccc4)n3)cc12.CNC(=O)c1c(-c2ccc(F)cc2)oc2cc(N(C)S(C)(=O)=O)c(-c3ccc(OCc4ccccc4)c(C(=O)CCc4ccccc4)n3)cc12.[HH]. The maximum atomic E-state index is 13.8. The molecule has 0 aliphatic rings. The van der Waals surface area contributed by atoms with E-state index in [1.165, 1.54) is 101 Å². The molecule has 0 fully saturated rings. The van der Waals surface area contributed by atoms with Crippen molar-refractivity contribution in [2.24, 2.45) is 0 Å².